The molecule has 1 heterocycles. The zero-order chi connectivity index (χ0) is 24.8. The predicted molar refractivity (Wildman–Crippen MR) is 134 cm³/mol. The SMILES string of the molecule is COC(=O)/C=C/c1cc(C=C(C)C)cn1-c1ccc(Cl)cc1C(=O)c1cccc(OC)c1OC. The molecule has 0 saturated carbocycles. The summed E-state index contributed by atoms with van der Waals surface area (Å²) in [6.07, 6.45) is 6.88. The summed E-state index contributed by atoms with van der Waals surface area (Å²) in [6.45, 7) is 3.99. The fourth-order valence-electron chi connectivity index (χ4n) is 3.58. The van der Waals surface area contributed by atoms with Gasteiger partial charge in [0.05, 0.1) is 32.6 Å². The molecule has 7 heteroatoms. The fourth-order valence-corrected chi connectivity index (χ4v) is 3.76. The lowest BCUT2D eigenvalue weighted by Crippen LogP contribution is -2.10. The van der Waals surface area contributed by atoms with Crippen molar-refractivity contribution in [1.29, 1.82) is 0 Å². The van der Waals surface area contributed by atoms with E-state index in [4.69, 9.17) is 25.8 Å². The van der Waals surface area contributed by atoms with E-state index in [1.165, 1.54) is 27.4 Å². The van der Waals surface area contributed by atoms with E-state index in [0.717, 1.165) is 11.1 Å². The quantitative estimate of drug-likeness (QED) is 0.225. The predicted octanol–water partition coefficient (Wildman–Crippen LogP) is 5.99. The lowest BCUT2D eigenvalue weighted by atomic mass is 10.00. The first kappa shape index (κ1) is 24.9. The van der Waals surface area contributed by atoms with Crippen molar-refractivity contribution in [2.24, 2.45) is 0 Å². The summed E-state index contributed by atoms with van der Waals surface area (Å²) in [7, 11) is 4.32. The first-order chi connectivity index (χ1) is 16.3. The number of hydrogen-bond donors (Lipinski definition) is 0. The Labute approximate surface area is 204 Å². The van der Waals surface area contributed by atoms with Crippen molar-refractivity contribution in [3.63, 3.8) is 0 Å². The van der Waals surface area contributed by atoms with Gasteiger partial charge in [0.15, 0.2) is 17.3 Å². The number of esters is 1. The van der Waals surface area contributed by atoms with Crippen LogP contribution in [0.25, 0.3) is 17.8 Å². The second kappa shape index (κ2) is 10.9. The molecule has 2 aromatic carbocycles. The summed E-state index contributed by atoms with van der Waals surface area (Å²) in [5, 5.41) is 0.414. The van der Waals surface area contributed by atoms with Gasteiger partial charge in [-0.05, 0) is 61.9 Å². The smallest absolute Gasteiger partial charge is 0.330 e. The maximum absolute atomic E-state index is 13.7. The highest BCUT2D eigenvalue weighted by Crippen LogP contribution is 2.34. The number of para-hydroxylation sites is 1. The molecule has 3 rings (SSSR count). The van der Waals surface area contributed by atoms with Gasteiger partial charge in [0.2, 0.25) is 0 Å². The molecule has 0 aliphatic carbocycles. The van der Waals surface area contributed by atoms with Crippen molar-refractivity contribution in [2.75, 3.05) is 21.3 Å². The summed E-state index contributed by atoms with van der Waals surface area (Å²) in [5.41, 5.74) is 4.01. The number of methoxy groups -OCH3 is 3. The Morgan fingerprint density at radius 3 is 2.38 bits per heavy atom. The van der Waals surface area contributed by atoms with Gasteiger partial charge in [-0.3, -0.25) is 4.79 Å². The normalized spacial score (nSPS) is 10.8. The molecule has 0 aliphatic rings. The summed E-state index contributed by atoms with van der Waals surface area (Å²) in [6, 6.07) is 12.1. The number of carbonyl (C=O) groups is 2. The third-order valence-electron chi connectivity index (χ3n) is 5.03. The molecule has 0 spiro atoms. The first-order valence-electron chi connectivity index (χ1n) is 10.5. The zero-order valence-electron chi connectivity index (χ0n) is 19.7. The van der Waals surface area contributed by atoms with Crippen LogP contribution in [-0.4, -0.2) is 37.6 Å². The zero-order valence-corrected chi connectivity index (χ0v) is 20.5. The van der Waals surface area contributed by atoms with E-state index >= 15 is 0 Å². The van der Waals surface area contributed by atoms with Gasteiger partial charge in [0, 0.05) is 28.6 Å². The lowest BCUT2D eigenvalue weighted by Gasteiger charge is -2.15. The summed E-state index contributed by atoms with van der Waals surface area (Å²) in [5.74, 6) is 0.0218. The summed E-state index contributed by atoms with van der Waals surface area (Å²) >= 11 is 6.30. The first-order valence-corrected chi connectivity index (χ1v) is 10.9. The Morgan fingerprint density at radius 2 is 1.74 bits per heavy atom. The van der Waals surface area contributed by atoms with Crippen LogP contribution in [0, 0.1) is 0 Å². The average Bonchev–Trinajstić information content (AvgIpc) is 3.22. The molecular formula is C27H26ClNO5. The molecule has 0 aliphatic heterocycles. The summed E-state index contributed by atoms with van der Waals surface area (Å²) in [4.78, 5) is 25.5. The molecular weight excluding hydrogens is 454 g/mol. The molecule has 0 N–H and O–H groups in total. The van der Waals surface area contributed by atoms with Crippen LogP contribution in [0.15, 0.2) is 60.3 Å². The average molecular weight is 480 g/mol. The molecule has 0 atom stereocenters. The minimum Gasteiger partial charge on any atom is -0.493 e. The van der Waals surface area contributed by atoms with E-state index in [1.54, 1.807) is 42.5 Å². The molecule has 3 aromatic rings. The number of halogens is 1. The second-order valence-corrected chi connectivity index (χ2v) is 8.11. The van der Waals surface area contributed by atoms with Crippen molar-refractivity contribution in [2.45, 2.75) is 13.8 Å². The topological polar surface area (TPSA) is 66.8 Å². The van der Waals surface area contributed by atoms with Gasteiger partial charge < -0.3 is 18.8 Å². The van der Waals surface area contributed by atoms with Crippen molar-refractivity contribution in [3.8, 4) is 17.2 Å². The van der Waals surface area contributed by atoms with Gasteiger partial charge in [-0.2, -0.15) is 0 Å². The van der Waals surface area contributed by atoms with Crippen LogP contribution in [-0.2, 0) is 9.53 Å². The molecule has 6 nitrogen and oxygen atoms in total. The van der Waals surface area contributed by atoms with Gasteiger partial charge in [0.1, 0.15) is 0 Å². The molecule has 0 fully saturated rings. The Bertz CT molecular complexity index is 1280. The van der Waals surface area contributed by atoms with Crippen LogP contribution in [0.1, 0.15) is 41.0 Å². The molecule has 0 radical (unpaired) electrons. The van der Waals surface area contributed by atoms with Crippen molar-refractivity contribution >= 4 is 35.5 Å². The molecule has 176 valence electrons. The van der Waals surface area contributed by atoms with Crippen LogP contribution in [0.5, 0.6) is 11.5 Å². The van der Waals surface area contributed by atoms with Gasteiger partial charge >= 0.3 is 5.97 Å². The van der Waals surface area contributed by atoms with Crippen LogP contribution < -0.4 is 9.47 Å². The monoisotopic (exact) mass is 479 g/mol. The summed E-state index contributed by atoms with van der Waals surface area (Å²) < 4.78 is 17.4. The minimum atomic E-state index is -0.481. The number of ketones is 1. The Morgan fingerprint density at radius 1 is 0.971 bits per heavy atom. The third-order valence-corrected chi connectivity index (χ3v) is 5.26. The Hall–Kier alpha value is -3.77. The fraction of sp³-hybridized carbons (Fsp3) is 0.185. The van der Waals surface area contributed by atoms with Crippen LogP contribution in [0.2, 0.25) is 5.02 Å². The number of nitrogens with zero attached hydrogens (tertiary/aromatic N) is 1. The standard InChI is InChI=1S/C27H26ClNO5/c1-17(2)13-18-14-20(10-12-25(30)33-4)29(16-18)23-11-9-19(28)15-22(23)26(31)21-7-6-8-24(32-3)27(21)34-5/h6-16H,1-5H3/b12-10+. The van der Waals surface area contributed by atoms with E-state index in [1.807, 2.05) is 36.8 Å². The largest absolute Gasteiger partial charge is 0.493 e. The van der Waals surface area contributed by atoms with Gasteiger partial charge in [0.25, 0.3) is 0 Å². The third kappa shape index (κ3) is 5.41. The van der Waals surface area contributed by atoms with Crippen LogP contribution >= 0.6 is 11.6 Å². The second-order valence-electron chi connectivity index (χ2n) is 7.68. The Kier molecular flexibility index (Phi) is 7.97. The lowest BCUT2D eigenvalue weighted by molar-refractivity contribution is -0.134. The van der Waals surface area contributed by atoms with E-state index in [0.29, 0.717) is 39.0 Å². The van der Waals surface area contributed by atoms with E-state index in [9.17, 15) is 9.59 Å². The van der Waals surface area contributed by atoms with Gasteiger partial charge in [-0.15, -0.1) is 0 Å². The molecule has 34 heavy (non-hydrogen) atoms. The molecule has 1 aromatic heterocycles. The number of hydrogen-bond acceptors (Lipinski definition) is 5. The highest BCUT2D eigenvalue weighted by atomic mass is 35.5. The number of rotatable bonds is 8. The van der Waals surface area contributed by atoms with Crippen molar-refractivity contribution < 1.29 is 23.8 Å². The van der Waals surface area contributed by atoms with E-state index in [-0.39, 0.29) is 5.78 Å². The van der Waals surface area contributed by atoms with Gasteiger partial charge in [-0.25, -0.2) is 4.79 Å². The van der Waals surface area contributed by atoms with Crippen molar-refractivity contribution in [1.82, 2.24) is 4.57 Å². The highest BCUT2D eigenvalue weighted by molar-refractivity contribution is 6.31. The molecule has 0 saturated heterocycles. The minimum absolute atomic E-state index is 0.284. The Balaban J connectivity index is 2.23. The molecule has 0 amide bonds. The number of carbonyl (C=O) groups excluding carboxylic acids is 2. The number of allylic oxidation sites excluding steroid dienone is 1. The number of aromatic nitrogens is 1. The van der Waals surface area contributed by atoms with E-state index < -0.39 is 5.97 Å². The van der Waals surface area contributed by atoms with Crippen molar-refractivity contribution in [3.05, 3.63) is 87.7 Å². The van der Waals surface area contributed by atoms with Crippen LogP contribution in [0.3, 0.4) is 0 Å². The number of benzene rings is 2. The number of ether oxygens (including phenoxy) is 3. The van der Waals surface area contributed by atoms with Gasteiger partial charge in [-0.1, -0.05) is 29.3 Å². The van der Waals surface area contributed by atoms with E-state index in [2.05, 4.69) is 0 Å². The van der Waals surface area contributed by atoms with Crippen LogP contribution in [0.4, 0.5) is 0 Å². The maximum atomic E-state index is 13.7. The maximum Gasteiger partial charge on any atom is 0.330 e. The highest BCUT2D eigenvalue weighted by Gasteiger charge is 2.22. The molecule has 0 bridgehead atoms. The molecule has 0 unspecified atom stereocenters.